The maximum Gasteiger partial charge on any atom is 0.264 e. The summed E-state index contributed by atoms with van der Waals surface area (Å²) >= 11 is 0. The van der Waals surface area contributed by atoms with Crippen LogP contribution < -0.4 is 9.62 Å². The first-order valence-electron chi connectivity index (χ1n) is 11.1. The molecule has 0 aliphatic heterocycles. The molecule has 4 aromatic rings. The van der Waals surface area contributed by atoms with E-state index in [1.165, 1.54) is 4.31 Å². The van der Waals surface area contributed by atoms with Gasteiger partial charge in [0.15, 0.2) is 0 Å². The van der Waals surface area contributed by atoms with E-state index in [2.05, 4.69) is 10.3 Å². The lowest BCUT2D eigenvalue weighted by molar-refractivity contribution is -0.121. The summed E-state index contributed by atoms with van der Waals surface area (Å²) in [6.45, 7) is 4.17. The monoisotopic (exact) mass is 473 g/mol. The Kier molecular flexibility index (Phi) is 6.93. The van der Waals surface area contributed by atoms with Crippen LogP contribution in [-0.2, 0) is 21.4 Å². The normalized spacial score (nSPS) is 11.4. The Bertz CT molecular complexity index is 1400. The third kappa shape index (κ3) is 5.43. The Labute approximate surface area is 200 Å². The van der Waals surface area contributed by atoms with Crippen molar-refractivity contribution in [1.29, 1.82) is 0 Å². The van der Waals surface area contributed by atoms with Crippen LogP contribution in [-0.4, -0.2) is 25.9 Å². The van der Waals surface area contributed by atoms with Gasteiger partial charge in [0.05, 0.1) is 22.8 Å². The van der Waals surface area contributed by atoms with Crippen molar-refractivity contribution in [3.05, 3.63) is 102 Å². The summed E-state index contributed by atoms with van der Waals surface area (Å²) in [5, 5.41) is 4.63. The van der Waals surface area contributed by atoms with Gasteiger partial charge in [0, 0.05) is 19.2 Å². The van der Waals surface area contributed by atoms with Crippen molar-refractivity contribution in [2.24, 2.45) is 0 Å². The van der Waals surface area contributed by atoms with Gasteiger partial charge in [-0.1, -0.05) is 42.5 Å². The molecule has 0 radical (unpaired) electrons. The molecule has 3 aromatic carbocycles. The number of anilines is 1. The lowest BCUT2D eigenvalue weighted by atomic mass is 10.1. The topological polar surface area (TPSA) is 79.4 Å². The molecule has 0 atom stereocenters. The summed E-state index contributed by atoms with van der Waals surface area (Å²) in [6, 6.07) is 23.9. The van der Waals surface area contributed by atoms with Gasteiger partial charge in [-0.25, -0.2) is 8.42 Å². The maximum absolute atomic E-state index is 13.8. The van der Waals surface area contributed by atoms with Crippen LogP contribution >= 0.6 is 0 Å². The Morgan fingerprint density at radius 1 is 0.882 bits per heavy atom. The first-order valence-corrected chi connectivity index (χ1v) is 12.5. The van der Waals surface area contributed by atoms with Crippen molar-refractivity contribution in [3.8, 4) is 0 Å². The summed E-state index contributed by atoms with van der Waals surface area (Å²) < 4.78 is 28.9. The Morgan fingerprint density at radius 2 is 1.59 bits per heavy atom. The Balaban J connectivity index is 1.61. The lowest BCUT2D eigenvalue weighted by Gasteiger charge is -2.25. The highest BCUT2D eigenvalue weighted by Crippen LogP contribution is 2.28. The van der Waals surface area contributed by atoms with E-state index in [0.29, 0.717) is 12.2 Å². The predicted octanol–water partition coefficient (Wildman–Crippen LogP) is 4.75. The fraction of sp³-hybridized carbons (Fsp3) is 0.185. The average molecular weight is 474 g/mol. The second-order valence-electron chi connectivity index (χ2n) is 8.28. The SMILES string of the molecule is Cc1cc(C)cc(N(CCC(=O)NCc2ccccn2)S(=O)(=O)c2ccc3ccccc3c2)c1. The smallest absolute Gasteiger partial charge is 0.264 e. The molecule has 7 heteroatoms. The van der Waals surface area contributed by atoms with E-state index in [1.807, 2.05) is 80.6 Å². The van der Waals surface area contributed by atoms with E-state index in [-0.39, 0.29) is 23.8 Å². The molecule has 34 heavy (non-hydrogen) atoms. The molecule has 4 rings (SSSR count). The van der Waals surface area contributed by atoms with Gasteiger partial charge >= 0.3 is 0 Å². The number of fused-ring (bicyclic) bond motifs is 1. The van der Waals surface area contributed by atoms with E-state index in [0.717, 1.165) is 27.6 Å². The molecule has 0 aliphatic carbocycles. The zero-order chi connectivity index (χ0) is 24.1. The first kappa shape index (κ1) is 23.4. The van der Waals surface area contributed by atoms with Crippen molar-refractivity contribution in [1.82, 2.24) is 10.3 Å². The van der Waals surface area contributed by atoms with Gasteiger partial charge in [-0.15, -0.1) is 0 Å². The summed E-state index contributed by atoms with van der Waals surface area (Å²) in [4.78, 5) is 17.0. The van der Waals surface area contributed by atoms with Crippen molar-refractivity contribution in [2.45, 2.75) is 31.7 Å². The summed E-state index contributed by atoms with van der Waals surface area (Å²) in [5.74, 6) is -0.242. The van der Waals surface area contributed by atoms with Gasteiger partial charge in [-0.2, -0.15) is 0 Å². The Morgan fingerprint density at radius 3 is 2.29 bits per heavy atom. The van der Waals surface area contributed by atoms with Crippen LogP contribution in [0.4, 0.5) is 5.69 Å². The second kappa shape index (κ2) is 10.1. The van der Waals surface area contributed by atoms with Gasteiger partial charge in [0.2, 0.25) is 5.91 Å². The molecule has 6 nitrogen and oxygen atoms in total. The Hall–Kier alpha value is -3.71. The highest BCUT2D eigenvalue weighted by atomic mass is 32.2. The number of aromatic nitrogens is 1. The number of sulfonamides is 1. The van der Waals surface area contributed by atoms with Gasteiger partial charge in [0.1, 0.15) is 0 Å². The number of benzene rings is 3. The molecule has 0 spiro atoms. The lowest BCUT2D eigenvalue weighted by Crippen LogP contribution is -2.35. The van der Waals surface area contributed by atoms with Crippen LogP contribution in [0.1, 0.15) is 23.2 Å². The molecular weight excluding hydrogens is 446 g/mol. The predicted molar refractivity (Wildman–Crippen MR) is 135 cm³/mol. The van der Waals surface area contributed by atoms with Gasteiger partial charge in [0.25, 0.3) is 10.0 Å². The minimum Gasteiger partial charge on any atom is -0.350 e. The fourth-order valence-electron chi connectivity index (χ4n) is 3.92. The minimum atomic E-state index is -3.90. The zero-order valence-electron chi connectivity index (χ0n) is 19.2. The molecule has 0 fully saturated rings. The number of carbonyl (C=O) groups is 1. The van der Waals surface area contributed by atoms with Crippen molar-refractivity contribution in [2.75, 3.05) is 10.8 Å². The number of aryl methyl sites for hydroxylation is 2. The first-order chi connectivity index (χ1) is 16.3. The number of nitrogens with one attached hydrogen (secondary N) is 1. The molecule has 1 heterocycles. The molecule has 0 saturated heterocycles. The molecule has 1 amide bonds. The summed E-state index contributed by atoms with van der Waals surface area (Å²) in [7, 11) is -3.90. The van der Waals surface area contributed by atoms with Gasteiger partial charge in [-0.3, -0.25) is 14.1 Å². The largest absolute Gasteiger partial charge is 0.350 e. The zero-order valence-corrected chi connectivity index (χ0v) is 20.0. The number of hydrogen-bond donors (Lipinski definition) is 1. The molecule has 0 bridgehead atoms. The molecular formula is C27H27N3O3S. The third-order valence-electron chi connectivity index (χ3n) is 5.54. The minimum absolute atomic E-state index is 0.0199. The molecule has 174 valence electrons. The third-order valence-corrected chi connectivity index (χ3v) is 7.36. The standard InChI is InChI=1S/C27H27N3O3S/c1-20-15-21(2)17-25(16-20)30(14-12-27(31)29-19-24-9-5-6-13-28-24)34(32,33)26-11-10-22-7-3-4-8-23(22)18-26/h3-11,13,15-18H,12,14,19H2,1-2H3,(H,29,31). The quantitative estimate of drug-likeness (QED) is 0.400. The van der Waals surface area contributed by atoms with Crippen molar-refractivity contribution in [3.63, 3.8) is 0 Å². The van der Waals surface area contributed by atoms with Crippen LogP contribution in [0.3, 0.4) is 0 Å². The van der Waals surface area contributed by atoms with E-state index < -0.39 is 10.0 Å². The van der Waals surface area contributed by atoms with Crippen LogP contribution in [0.2, 0.25) is 0 Å². The van der Waals surface area contributed by atoms with E-state index >= 15 is 0 Å². The number of nitrogens with zero attached hydrogens (tertiary/aromatic N) is 2. The van der Waals surface area contributed by atoms with E-state index in [1.54, 1.807) is 18.3 Å². The number of amides is 1. The average Bonchev–Trinajstić information content (AvgIpc) is 2.82. The number of rotatable bonds is 8. The molecule has 1 aromatic heterocycles. The molecule has 0 unspecified atom stereocenters. The number of pyridine rings is 1. The van der Waals surface area contributed by atoms with Gasteiger partial charge in [-0.05, 0) is 72.1 Å². The highest BCUT2D eigenvalue weighted by Gasteiger charge is 2.26. The fourth-order valence-corrected chi connectivity index (χ4v) is 5.41. The number of hydrogen-bond acceptors (Lipinski definition) is 4. The van der Waals surface area contributed by atoms with Crippen LogP contribution in [0.5, 0.6) is 0 Å². The second-order valence-corrected chi connectivity index (χ2v) is 10.1. The van der Waals surface area contributed by atoms with E-state index in [9.17, 15) is 13.2 Å². The molecule has 0 saturated carbocycles. The van der Waals surface area contributed by atoms with Crippen LogP contribution in [0, 0.1) is 13.8 Å². The number of carbonyl (C=O) groups excluding carboxylic acids is 1. The van der Waals surface area contributed by atoms with Crippen LogP contribution in [0.15, 0.2) is 90.0 Å². The molecule has 1 N–H and O–H groups in total. The molecule has 0 aliphatic rings. The summed E-state index contributed by atoms with van der Waals surface area (Å²) in [5.41, 5.74) is 3.19. The van der Waals surface area contributed by atoms with Gasteiger partial charge < -0.3 is 5.32 Å². The van der Waals surface area contributed by atoms with E-state index in [4.69, 9.17) is 0 Å². The summed E-state index contributed by atoms with van der Waals surface area (Å²) in [6.07, 6.45) is 1.69. The van der Waals surface area contributed by atoms with Crippen molar-refractivity contribution < 1.29 is 13.2 Å². The maximum atomic E-state index is 13.8. The highest BCUT2D eigenvalue weighted by molar-refractivity contribution is 7.92. The van der Waals surface area contributed by atoms with Crippen molar-refractivity contribution >= 4 is 32.4 Å². The van der Waals surface area contributed by atoms with Crippen LogP contribution in [0.25, 0.3) is 10.8 Å².